The lowest BCUT2D eigenvalue weighted by atomic mass is 10.1. The van der Waals surface area contributed by atoms with E-state index >= 15 is 0 Å². The van der Waals surface area contributed by atoms with Crippen LogP contribution in [0.2, 0.25) is 0 Å². The monoisotopic (exact) mass is 381 g/mol. The number of carbonyl (C=O) groups is 2. The molecule has 5 nitrogen and oxygen atoms in total. The Morgan fingerprint density at radius 2 is 1.61 bits per heavy atom. The first kappa shape index (κ1) is 21.5. The molecule has 0 radical (unpaired) electrons. The quantitative estimate of drug-likeness (QED) is 0.785. The second-order valence-electron chi connectivity index (χ2n) is 8.32. The zero-order chi connectivity index (χ0) is 20.7. The van der Waals surface area contributed by atoms with Gasteiger partial charge >= 0.3 is 6.03 Å². The summed E-state index contributed by atoms with van der Waals surface area (Å²) in [5.41, 5.74) is 2.33. The van der Waals surface area contributed by atoms with Crippen LogP contribution in [0, 0.1) is 0 Å². The number of benzene rings is 2. The maximum atomic E-state index is 13.0. The second kappa shape index (κ2) is 9.40. The van der Waals surface area contributed by atoms with Crippen LogP contribution in [-0.2, 0) is 17.8 Å². The van der Waals surface area contributed by atoms with Crippen LogP contribution < -0.4 is 15.5 Å². The average molecular weight is 382 g/mol. The molecule has 5 heteroatoms. The van der Waals surface area contributed by atoms with Gasteiger partial charge in [0.05, 0.1) is 13.0 Å². The number of carbonyl (C=O) groups excluding carboxylic acids is 2. The van der Waals surface area contributed by atoms with Gasteiger partial charge in [-0.25, -0.2) is 4.79 Å². The SMILES string of the molecule is CC(C)NC(=O)Cc1cccc(N(Cc2ccccc2)C(=O)NC(C)(C)C)c1. The lowest BCUT2D eigenvalue weighted by molar-refractivity contribution is -0.120. The summed E-state index contributed by atoms with van der Waals surface area (Å²) >= 11 is 0. The molecule has 2 N–H and O–H groups in total. The number of hydrogen-bond donors (Lipinski definition) is 2. The molecule has 3 amide bonds. The highest BCUT2D eigenvalue weighted by Crippen LogP contribution is 2.20. The number of nitrogens with zero attached hydrogens (tertiary/aromatic N) is 1. The Morgan fingerprint density at radius 3 is 2.21 bits per heavy atom. The molecule has 0 heterocycles. The van der Waals surface area contributed by atoms with Gasteiger partial charge in [-0.05, 0) is 57.9 Å². The fourth-order valence-electron chi connectivity index (χ4n) is 2.83. The number of nitrogens with one attached hydrogen (secondary N) is 2. The summed E-state index contributed by atoms with van der Waals surface area (Å²) in [4.78, 5) is 26.8. The molecule has 0 unspecified atom stereocenters. The summed E-state index contributed by atoms with van der Waals surface area (Å²) in [7, 11) is 0. The van der Waals surface area contributed by atoms with Crippen LogP contribution in [-0.4, -0.2) is 23.5 Å². The van der Waals surface area contributed by atoms with Crippen LogP contribution in [0.15, 0.2) is 54.6 Å². The number of rotatable bonds is 6. The molecule has 0 saturated carbocycles. The molecule has 0 atom stereocenters. The van der Waals surface area contributed by atoms with E-state index < -0.39 is 0 Å². The van der Waals surface area contributed by atoms with E-state index in [2.05, 4.69) is 10.6 Å². The van der Waals surface area contributed by atoms with E-state index in [0.717, 1.165) is 16.8 Å². The van der Waals surface area contributed by atoms with Crippen LogP contribution in [0.5, 0.6) is 0 Å². The lowest BCUT2D eigenvalue weighted by Crippen LogP contribution is -2.48. The molecular formula is C23H31N3O2. The number of anilines is 1. The number of amides is 3. The van der Waals surface area contributed by atoms with E-state index in [9.17, 15) is 9.59 Å². The van der Waals surface area contributed by atoms with Gasteiger partial charge in [-0.15, -0.1) is 0 Å². The first-order valence-corrected chi connectivity index (χ1v) is 9.66. The third-order valence-electron chi connectivity index (χ3n) is 3.95. The highest BCUT2D eigenvalue weighted by Gasteiger charge is 2.21. The molecular weight excluding hydrogens is 350 g/mol. The molecule has 0 aliphatic carbocycles. The fourth-order valence-corrected chi connectivity index (χ4v) is 2.83. The van der Waals surface area contributed by atoms with Crippen LogP contribution in [0.3, 0.4) is 0 Å². The minimum Gasteiger partial charge on any atom is -0.354 e. The Hall–Kier alpha value is -2.82. The van der Waals surface area contributed by atoms with Crippen molar-refractivity contribution in [3.8, 4) is 0 Å². The molecule has 28 heavy (non-hydrogen) atoms. The molecule has 2 rings (SSSR count). The molecule has 0 bridgehead atoms. The molecule has 0 aliphatic rings. The second-order valence-corrected chi connectivity index (χ2v) is 8.32. The lowest BCUT2D eigenvalue weighted by Gasteiger charge is -2.29. The largest absolute Gasteiger partial charge is 0.354 e. The van der Waals surface area contributed by atoms with Crippen LogP contribution in [0.1, 0.15) is 45.7 Å². The Kier molecular flexibility index (Phi) is 7.21. The van der Waals surface area contributed by atoms with Crippen LogP contribution >= 0.6 is 0 Å². The summed E-state index contributed by atoms with van der Waals surface area (Å²) in [5, 5.41) is 5.93. The van der Waals surface area contributed by atoms with E-state index in [1.807, 2.05) is 89.2 Å². The third-order valence-corrected chi connectivity index (χ3v) is 3.95. The van der Waals surface area contributed by atoms with E-state index in [1.54, 1.807) is 4.90 Å². The Balaban J connectivity index is 2.28. The summed E-state index contributed by atoms with van der Waals surface area (Å²) in [5.74, 6) is -0.0269. The van der Waals surface area contributed by atoms with Gasteiger partial charge in [0.15, 0.2) is 0 Å². The minimum absolute atomic E-state index is 0.0269. The highest BCUT2D eigenvalue weighted by atomic mass is 16.2. The predicted molar refractivity (Wildman–Crippen MR) is 114 cm³/mol. The standard InChI is InChI=1S/C23H31N3O2/c1-17(2)24-21(27)15-19-12-9-13-20(14-19)26(22(28)25-23(3,4)5)16-18-10-7-6-8-11-18/h6-14,17H,15-16H2,1-5H3,(H,24,27)(H,25,28). The zero-order valence-corrected chi connectivity index (χ0v) is 17.5. The zero-order valence-electron chi connectivity index (χ0n) is 17.5. The van der Waals surface area contributed by atoms with Gasteiger partial charge in [0, 0.05) is 17.3 Å². The first-order valence-electron chi connectivity index (χ1n) is 9.66. The number of urea groups is 1. The summed E-state index contributed by atoms with van der Waals surface area (Å²) in [6.45, 7) is 10.2. The topological polar surface area (TPSA) is 61.4 Å². The van der Waals surface area contributed by atoms with Gasteiger partial charge in [-0.1, -0.05) is 42.5 Å². The van der Waals surface area contributed by atoms with Gasteiger partial charge in [-0.2, -0.15) is 0 Å². The molecule has 2 aromatic carbocycles. The first-order chi connectivity index (χ1) is 13.1. The Labute approximate surface area is 168 Å². The van der Waals surface area contributed by atoms with Crippen molar-refractivity contribution in [3.05, 3.63) is 65.7 Å². The molecule has 150 valence electrons. The number of hydrogen-bond acceptors (Lipinski definition) is 2. The van der Waals surface area contributed by atoms with Gasteiger partial charge < -0.3 is 10.6 Å². The molecule has 2 aromatic rings. The van der Waals surface area contributed by atoms with Gasteiger partial charge in [-0.3, -0.25) is 9.69 Å². The third kappa shape index (κ3) is 7.06. The van der Waals surface area contributed by atoms with Gasteiger partial charge in [0.1, 0.15) is 0 Å². The molecule has 0 saturated heterocycles. The van der Waals surface area contributed by atoms with Gasteiger partial charge in [0.2, 0.25) is 5.91 Å². The normalized spacial score (nSPS) is 11.2. The molecule has 0 aliphatic heterocycles. The molecule has 0 aromatic heterocycles. The van der Waals surface area contributed by atoms with E-state index in [4.69, 9.17) is 0 Å². The molecule has 0 spiro atoms. The van der Waals surface area contributed by atoms with E-state index in [0.29, 0.717) is 6.54 Å². The van der Waals surface area contributed by atoms with Gasteiger partial charge in [0.25, 0.3) is 0 Å². The van der Waals surface area contributed by atoms with E-state index in [1.165, 1.54) is 0 Å². The minimum atomic E-state index is -0.346. The van der Waals surface area contributed by atoms with E-state index in [-0.39, 0.29) is 29.9 Å². The predicted octanol–water partition coefficient (Wildman–Crippen LogP) is 4.27. The van der Waals surface area contributed by atoms with Crippen molar-refractivity contribution < 1.29 is 9.59 Å². The van der Waals surface area contributed by atoms with Crippen LogP contribution in [0.4, 0.5) is 10.5 Å². The van der Waals surface area contributed by atoms with Crippen molar-refractivity contribution in [2.45, 2.75) is 59.2 Å². The summed E-state index contributed by atoms with van der Waals surface area (Å²) < 4.78 is 0. The van der Waals surface area contributed by atoms with Crippen molar-refractivity contribution in [1.82, 2.24) is 10.6 Å². The van der Waals surface area contributed by atoms with Crippen molar-refractivity contribution in [2.24, 2.45) is 0 Å². The maximum absolute atomic E-state index is 13.0. The summed E-state index contributed by atoms with van der Waals surface area (Å²) in [6, 6.07) is 17.4. The van der Waals surface area contributed by atoms with Crippen molar-refractivity contribution in [3.63, 3.8) is 0 Å². The van der Waals surface area contributed by atoms with Crippen molar-refractivity contribution in [1.29, 1.82) is 0 Å². The van der Waals surface area contributed by atoms with Crippen molar-refractivity contribution >= 4 is 17.6 Å². The molecule has 0 fully saturated rings. The summed E-state index contributed by atoms with van der Waals surface area (Å²) in [6.07, 6.45) is 0.284. The highest BCUT2D eigenvalue weighted by molar-refractivity contribution is 5.92. The maximum Gasteiger partial charge on any atom is 0.322 e. The van der Waals surface area contributed by atoms with Crippen molar-refractivity contribution in [2.75, 3.05) is 4.90 Å². The average Bonchev–Trinajstić information content (AvgIpc) is 2.58. The smallest absolute Gasteiger partial charge is 0.322 e. The Bertz CT molecular complexity index is 795. The fraction of sp³-hybridized carbons (Fsp3) is 0.391. The Morgan fingerprint density at radius 1 is 0.964 bits per heavy atom. The van der Waals surface area contributed by atoms with Crippen LogP contribution in [0.25, 0.3) is 0 Å².